The quantitative estimate of drug-likeness (QED) is 0.271. The number of hydrazone groups is 1. The number of nitrogens with two attached hydrogens (primary N) is 1. The third kappa shape index (κ3) is 4.15. The van der Waals surface area contributed by atoms with Gasteiger partial charge in [0.05, 0.1) is 10.9 Å². The molecule has 1 heterocycles. The van der Waals surface area contributed by atoms with Crippen LogP contribution in [0.2, 0.25) is 0 Å². The van der Waals surface area contributed by atoms with E-state index in [9.17, 15) is 9.90 Å². The standard InChI is InChI=1S/C20H19N3O3S/c1-12(22-23-20(21)27)11-15(13-7-3-2-4-8-13)17-18(24)14-9-5-6-10-16(14)26-19(17)25/h2-10,15,24H,11H2,1H3,(H3,21,23,27)/b22-12-/t15-/m1/s1. The van der Waals surface area contributed by atoms with Crippen molar-refractivity contribution in [3.63, 3.8) is 0 Å². The molecule has 138 valence electrons. The van der Waals surface area contributed by atoms with Crippen molar-refractivity contribution in [3.05, 3.63) is 76.1 Å². The van der Waals surface area contributed by atoms with Gasteiger partial charge in [0.25, 0.3) is 0 Å². The Hall–Kier alpha value is -3.19. The molecule has 0 spiro atoms. The molecule has 7 heteroatoms. The van der Waals surface area contributed by atoms with Gasteiger partial charge in [-0.3, -0.25) is 5.43 Å². The molecule has 4 N–H and O–H groups in total. The Morgan fingerprint density at radius 2 is 1.89 bits per heavy atom. The zero-order valence-electron chi connectivity index (χ0n) is 14.7. The van der Waals surface area contributed by atoms with Gasteiger partial charge in [0.1, 0.15) is 11.3 Å². The SMILES string of the molecule is C/C(C[C@H](c1ccccc1)c1c(O)c2ccccc2oc1=O)=N/NC(N)=S. The molecule has 0 aliphatic heterocycles. The predicted octanol–water partition coefficient (Wildman–Crippen LogP) is 3.23. The molecule has 0 radical (unpaired) electrons. The smallest absolute Gasteiger partial charge is 0.343 e. The molecule has 3 rings (SSSR count). The Morgan fingerprint density at radius 3 is 2.59 bits per heavy atom. The van der Waals surface area contributed by atoms with Gasteiger partial charge in [-0.15, -0.1) is 0 Å². The molecular formula is C20H19N3O3S. The van der Waals surface area contributed by atoms with Gasteiger partial charge in [-0.2, -0.15) is 5.10 Å². The maximum atomic E-state index is 12.7. The predicted molar refractivity (Wildman–Crippen MR) is 110 cm³/mol. The van der Waals surface area contributed by atoms with Crippen molar-refractivity contribution in [1.29, 1.82) is 0 Å². The van der Waals surface area contributed by atoms with E-state index < -0.39 is 11.5 Å². The van der Waals surface area contributed by atoms with Crippen molar-refractivity contribution in [2.75, 3.05) is 0 Å². The molecule has 0 unspecified atom stereocenters. The second-order valence-electron chi connectivity index (χ2n) is 6.14. The van der Waals surface area contributed by atoms with Crippen LogP contribution < -0.4 is 16.8 Å². The molecule has 6 nitrogen and oxygen atoms in total. The lowest BCUT2D eigenvalue weighted by Gasteiger charge is -2.18. The van der Waals surface area contributed by atoms with E-state index in [-0.39, 0.29) is 16.4 Å². The first-order chi connectivity index (χ1) is 13.0. The molecule has 0 fully saturated rings. The van der Waals surface area contributed by atoms with Gasteiger partial charge >= 0.3 is 5.63 Å². The highest BCUT2D eigenvalue weighted by Gasteiger charge is 2.25. The van der Waals surface area contributed by atoms with E-state index in [4.69, 9.17) is 22.4 Å². The Balaban J connectivity index is 2.14. The number of fused-ring (bicyclic) bond motifs is 1. The number of thiocarbonyl (C=S) groups is 1. The number of benzene rings is 2. The number of hydrogen-bond acceptors (Lipinski definition) is 5. The maximum absolute atomic E-state index is 12.7. The highest BCUT2D eigenvalue weighted by atomic mass is 32.1. The molecule has 1 atom stereocenters. The maximum Gasteiger partial charge on any atom is 0.343 e. The van der Waals surface area contributed by atoms with E-state index in [1.54, 1.807) is 31.2 Å². The molecule has 0 amide bonds. The molecule has 2 aromatic carbocycles. The van der Waals surface area contributed by atoms with Crippen molar-refractivity contribution in [3.8, 4) is 5.75 Å². The lowest BCUT2D eigenvalue weighted by atomic mass is 9.87. The number of aromatic hydroxyl groups is 1. The summed E-state index contributed by atoms with van der Waals surface area (Å²) in [5.74, 6) is -0.519. The summed E-state index contributed by atoms with van der Waals surface area (Å²) < 4.78 is 5.44. The van der Waals surface area contributed by atoms with Crippen LogP contribution >= 0.6 is 12.2 Å². The van der Waals surface area contributed by atoms with Gasteiger partial charge in [-0.05, 0) is 43.3 Å². The van der Waals surface area contributed by atoms with E-state index in [1.165, 1.54) is 0 Å². The Labute approximate surface area is 161 Å². The molecule has 3 aromatic rings. The van der Waals surface area contributed by atoms with Gasteiger partial charge in [-0.1, -0.05) is 42.5 Å². The van der Waals surface area contributed by atoms with Gasteiger partial charge in [-0.25, -0.2) is 4.79 Å². The van der Waals surface area contributed by atoms with Crippen molar-refractivity contribution in [1.82, 2.24) is 5.43 Å². The van der Waals surface area contributed by atoms with E-state index >= 15 is 0 Å². The van der Waals surface area contributed by atoms with E-state index in [1.807, 2.05) is 30.3 Å². The summed E-state index contributed by atoms with van der Waals surface area (Å²) >= 11 is 4.76. The van der Waals surface area contributed by atoms with Crippen LogP contribution in [-0.4, -0.2) is 15.9 Å². The zero-order chi connectivity index (χ0) is 19.4. The largest absolute Gasteiger partial charge is 0.507 e. The first-order valence-corrected chi connectivity index (χ1v) is 8.76. The van der Waals surface area contributed by atoms with Crippen LogP contribution in [0.1, 0.15) is 30.4 Å². The summed E-state index contributed by atoms with van der Waals surface area (Å²) in [4.78, 5) is 12.7. The second kappa shape index (κ2) is 8.01. The summed E-state index contributed by atoms with van der Waals surface area (Å²) in [5, 5.41) is 15.5. The summed E-state index contributed by atoms with van der Waals surface area (Å²) in [6.07, 6.45) is 0.371. The van der Waals surface area contributed by atoms with Crippen LogP contribution in [-0.2, 0) is 0 Å². The molecule has 0 aliphatic carbocycles. The summed E-state index contributed by atoms with van der Waals surface area (Å²) in [7, 11) is 0. The van der Waals surface area contributed by atoms with Gasteiger partial charge in [0, 0.05) is 11.6 Å². The minimum atomic E-state index is -0.574. The fourth-order valence-electron chi connectivity index (χ4n) is 3.02. The molecular weight excluding hydrogens is 362 g/mol. The van der Waals surface area contributed by atoms with E-state index in [0.717, 1.165) is 5.56 Å². The van der Waals surface area contributed by atoms with Gasteiger partial charge < -0.3 is 15.3 Å². The molecule has 0 aliphatic rings. The third-order valence-electron chi connectivity index (χ3n) is 4.23. The van der Waals surface area contributed by atoms with Gasteiger partial charge in [0.15, 0.2) is 5.11 Å². The minimum Gasteiger partial charge on any atom is -0.507 e. The van der Waals surface area contributed by atoms with Crippen molar-refractivity contribution < 1.29 is 9.52 Å². The van der Waals surface area contributed by atoms with Crippen LogP contribution in [0.4, 0.5) is 0 Å². The minimum absolute atomic E-state index is 0.0543. The molecule has 1 aromatic heterocycles. The summed E-state index contributed by atoms with van der Waals surface area (Å²) in [6, 6.07) is 16.3. The van der Waals surface area contributed by atoms with Crippen LogP contribution in [0, 0.1) is 0 Å². The average Bonchev–Trinajstić information content (AvgIpc) is 2.66. The third-order valence-corrected chi connectivity index (χ3v) is 4.32. The lowest BCUT2D eigenvalue weighted by Crippen LogP contribution is -2.25. The molecule has 0 bridgehead atoms. The first-order valence-electron chi connectivity index (χ1n) is 8.35. The number of para-hydroxylation sites is 1. The molecule has 0 saturated heterocycles. The second-order valence-corrected chi connectivity index (χ2v) is 6.58. The van der Waals surface area contributed by atoms with E-state index in [2.05, 4.69) is 10.5 Å². The number of rotatable bonds is 5. The Bertz CT molecular complexity index is 1060. The van der Waals surface area contributed by atoms with Crippen molar-refractivity contribution in [2.24, 2.45) is 10.8 Å². The van der Waals surface area contributed by atoms with E-state index in [0.29, 0.717) is 23.1 Å². The molecule has 0 saturated carbocycles. The average molecular weight is 381 g/mol. The number of hydrogen-bond donors (Lipinski definition) is 3. The number of nitrogens with one attached hydrogen (secondary N) is 1. The highest BCUT2D eigenvalue weighted by Crippen LogP contribution is 2.36. The van der Waals surface area contributed by atoms with Crippen molar-refractivity contribution >= 4 is 34.0 Å². The highest BCUT2D eigenvalue weighted by molar-refractivity contribution is 7.80. The van der Waals surface area contributed by atoms with Gasteiger partial charge in [0.2, 0.25) is 0 Å². The normalized spacial score (nSPS) is 12.7. The van der Waals surface area contributed by atoms with Crippen LogP contribution in [0.25, 0.3) is 11.0 Å². The fraction of sp³-hybridized carbons (Fsp3) is 0.150. The Kier molecular flexibility index (Phi) is 5.52. The first kappa shape index (κ1) is 18.6. The van der Waals surface area contributed by atoms with Crippen LogP contribution in [0.15, 0.2) is 68.9 Å². The number of nitrogens with zero attached hydrogens (tertiary/aromatic N) is 1. The fourth-order valence-corrected chi connectivity index (χ4v) is 3.06. The molecule has 27 heavy (non-hydrogen) atoms. The zero-order valence-corrected chi connectivity index (χ0v) is 15.5. The summed E-state index contributed by atoms with van der Waals surface area (Å²) in [6.45, 7) is 1.79. The van der Waals surface area contributed by atoms with Crippen molar-refractivity contribution in [2.45, 2.75) is 19.3 Å². The lowest BCUT2D eigenvalue weighted by molar-refractivity contribution is 0.452. The topological polar surface area (TPSA) is 101 Å². The monoisotopic (exact) mass is 381 g/mol. The van der Waals surface area contributed by atoms with Crippen LogP contribution in [0.5, 0.6) is 5.75 Å². The Morgan fingerprint density at radius 1 is 1.22 bits per heavy atom. The van der Waals surface area contributed by atoms with Crippen LogP contribution in [0.3, 0.4) is 0 Å². The summed E-state index contributed by atoms with van der Waals surface area (Å²) in [5.41, 5.74) is 9.46.